The highest BCUT2D eigenvalue weighted by atomic mass is 16.4. The van der Waals surface area contributed by atoms with E-state index in [1.165, 1.54) is 36.7 Å². The number of hydrogen-bond donors (Lipinski definition) is 1. The van der Waals surface area contributed by atoms with Crippen molar-refractivity contribution in [1.82, 2.24) is 20.1 Å². The number of piperidine rings is 2. The fourth-order valence-corrected chi connectivity index (χ4v) is 6.64. The van der Waals surface area contributed by atoms with E-state index in [4.69, 9.17) is 9.40 Å². The van der Waals surface area contributed by atoms with E-state index in [0.29, 0.717) is 5.89 Å². The van der Waals surface area contributed by atoms with Gasteiger partial charge in [0, 0.05) is 25.6 Å². The molecule has 1 N–H and O–H groups in total. The average molecular weight is 539 g/mol. The molecule has 2 fully saturated rings. The first-order valence-corrected chi connectivity index (χ1v) is 15.1. The molecule has 0 bridgehead atoms. The van der Waals surface area contributed by atoms with Crippen LogP contribution in [-0.2, 0) is 11.3 Å². The quantitative estimate of drug-likeness (QED) is 0.208. The van der Waals surface area contributed by atoms with E-state index < -0.39 is 0 Å². The maximum absolute atomic E-state index is 12.8. The third kappa shape index (κ3) is 5.93. The number of aryl methyl sites for hydroxylation is 1. The molecular weight excluding hydrogens is 496 g/mol. The van der Waals surface area contributed by atoms with E-state index in [2.05, 4.69) is 76.6 Å². The Morgan fingerprint density at radius 1 is 0.975 bits per heavy atom. The molecule has 1 atom stereocenters. The summed E-state index contributed by atoms with van der Waals surface area (Å²) in [6.07, 6.45) is 5.49. The van der Waals surface area contributed by atoms with Crippen LogP contribution in [-0.4, -0.2) is 60.0 Å². The molecule has 3 heterocycles. The van der Waals surface area contributed by atoms with Gasteiger partial charge in [-0.2, -0.15) is 0 Å². The standard InChI is InChI=1S/C34H42N4O2/c1-24-9-7-17-37(22-24)18-8-16-35-33(39)26-14-19-38(20-15-26)23-31-25(2)40-34(36-31)32-29-12-5-3-10-27(29)21-28-11-4-6-13-30(28)32/h3-6,10-13,21,24,26H,7-9,14-20,22-23H2,1-2H3,(H,35,39)/t24-/m0/s1. The van der Waals surface area contributed by atoms with Crippen LogP contribution in [0, 0.1) is 18.8 Å². The summed E-state index contributed by atoms with van der Waals surface area (Å²) in [4.78, 5) is 22.8. The van der Waals surface area contributed by atoms with Crippen molar-refractivity contribution in [3.8, 4) is 11.5 Å². The molecule has 210 valence electrons. The van der Waals surface area contributed by atoms with Crippen molar-refractivity contribution in [3.05, 3.63) is 66.1 Å². The first-order chi connectivity index (χ1) is 19.5. The van der Waals surface area contributed by atoms with Crippen molar-refractivity contribution in [2.75, 3.05) is 39.3 Å². The molecule has 1 aromatic heterocycles. The second-order valence-electron chi connectivity index (χ2n) is 12.0. The molecule has 40 heavy (non-hydrogen) atoms. The molecule has 0 unspecified atom stereocenters. The summed E-state index contributed by atoms with van der Waals surface area (Å²) in [6.45, 7) is 11.2. The first-order valence-electron chi connectivity index (χ1n) is 15.1. The van der Waals surface area contributed by atoms with Gasteiger partial charge in [0.1, 0.15) is 5.76 Å². The number of nitrogens with one attached hydrogen (secondary N) is 1. The van der Waals surface area contributed by atoms with Gasteiger partial charge in [0.05, 0.1) is 11.3 Å². The normalized spacial score (nSPS) is 19.4. The molecule has 0 radical (unpaired) electrons. The summed E-state index contributed by atoms with van der Waals surface area (Å²) in [6, 6.07) is 19.1. The number of carbonyl (C=O) groups excluding carboxylic acids is 1. The van der Waals surface area contributed by atoms with Crippen LogP contribution in [0.5, 0.6) is 0 Å². The fraction of sp³-hybridized carbons (Fsp3) is 0.471. The summed E-state index contributed by atoms with van der Waals surface area (Å²) >= 11 is 0. The maximum Gasteiger partial charge on any atom is 0.227 e. The molecule has 6 heteroatoms. The van der Waals surface area contributed by atoms with E-state index in [0.717, 1.165) is 85.7 Å². The number of amides is 1. The highest BCUT2D eigenvalue weighted by Gasteiger charge is 2.26. The number of fused-ring (bicyclic) bond motifs is 2. The van der Waals surface area contributed by atoms with Crippen molar-refractivity contribution in [1.29, 1.82) is 0 Å². The highest BCUT2D eigenvalue weighted by Crippen LogP contribution is 2.37. The maximum atomic E-state index is 12.8. The number of rotatable bonds is 8. The van der Waals surface area contributed by atoms with E-state index >= 15 is 0 Å². The summed E-state index contributed by atoms with van der Waals surface area (Å²) in [7, 11) is 0. The highest BCUT2D eigenvalue weighted by molar-refractivity contribution is 6.11. The monoisotopic (exact) mass is 538 g/mol. The Balaban J connectivity index is 1.05. The van der Waals surface area contributed by atoms with Gasteiger partial charge in [0.15, 0.2) is 0 Å². The summed E-state index contributed by atoms with van der Waals surface area (Å²) in [5.74, 6) is 2.71. The molecule has 0 spiro atoms. The SMILES string of the molecule is Cc1oc(-c2c3ccccc3cc3ccccc23)nc1CN1CCC(C(=O)NCCCN2CCC[C@H](C)C2)CC1. The average Bonchev–Trinajstić information content (AvgIpc) is 3.33. The number of benzene rings is 3. The first kappa shape index (κ1) is 27.0. The van der Waals surface area contributed by atoms with Gasteiger partial charge in [-0.25, -0.2) is 4.98 Å². The minimum Gasteiger partial charge on any atom is -0.441 e. The Morgan fingerprint density at radius 3 is 2.38 bits per heavy atom. The number of hydrogen-bond acceptors (Lipinski definition) is 5. The number of carbonyl (C=O) groups is 1. The summed E-state index contributed by atoms with van der Waals surface area (Å²) < 4.78 is 6.32. The lowest BCUT2D eigenvalue weighted by atomic mass is 9.95. The molecule has 0 aliphatic carbocycles. The van der Waals surface area contributed by atoms with E-state index in [-0.39, 0.29) is 11.8 Å². The van der Waals surface area contributed by atoms with E-state index in [1.807, 2.05) is 6.92 Å². The molecule has 4 aromatic rings. The fourth-order valence-electron chi connectivity index (χ4n) is 6.64. The number of likely N-dealkylation sites (tertiary alicyclic amines) is 2. The van der Waals surface area contributed by atoms with Gasteiger partial charge in [0.2, 0.25) is 11.8 Å². The van der Waals surface area contributed by atoms with Gasteiger partial charge in [0.25, 0.3) is 0 Å². The molecule has 2 saturated heterocycles. The Morgan fingerprint density at radius 2 is 1.68 bits per heavy atom. The molecular formula is C34H42N4O2. The van der Waals surface area contributed by atoms with Crippen LogP contribution >= 0.6 is 0 Å². The minimum absolute atomic E-state index is 0.113. The van der Waals surface area contributed by atoms with Gasteiger partial charge in [-0.1, -0.05) is 55.5 Å². The van der Waals surface area contributed by atoms with Crippen LogP contribution in [0.1, 0.15) is 50.5 Å². The molecule has 6 rings (SSSR count). The lowest BCUT2D eigenvalue weighted by Crippen LogP contribution is -2.41. The number of aromatic nitrogens is 1. The van der Waals surface area contributed by atoms with Gasteiger partial charge < -0.3 is 14.6 Å². The van der Waals surface area contributed by atoms with Crippen molar-refractivity contribution in [2.24, 2.45) is 11.8 Å². The van der Waals surface area contributed by atoms with Crippen LogP contribution < -0.4 is 5.32 Å². The Hall–Kier alpha value is -3.22. The third-order valence-corrected chi connectivity index (χ3v) is 8.90. The topological polar surface area (TPSA) is 61.6 Å². The second kappa shape index (κ2) is 12.1. The number of oxazole rings is 1. The minimum atomic E-state index is 0.113. The van der Waals surface area contributed by atoms with E-state index in [9.17, 15) is 4.79 Å². The predicted molar refractivity (Wildman–Crippen MR) is 162 cm³/mol. The lowest BCUT2D eigenvalue weighted by Gasteiger charge is -2.31. The summed E-state index contributed by atoms with van der Waals surface area (Å²) in [5, 5.41) is 7.91. The Kier molecular flexibility index (Phi) is 8.17. The second-order valence-corrected chi connectivity index (χ2v) is 12.0. The smallest absolute Gasteiger partial charge is 0.227 e. The van der Waals surface area contributed by atoms with Gasteiger partial charge in [-0.15, -0.1) is 0 Å². The van der Waals surface area contributed by atoms with Crippen LogP contribution in [0.4, 0.5) is 0 Å². The molecule has 0 saturated carbocycles. The Labute approximate surface area is 237 Å². The van der Waals surface area contributed by atoms with Gasteiger partial charge in [-0.05, 0) is 98.7 Å². The van der Waals surface area contributed by atoms with Gasteiger partial charge in [-0.3, -0.25) is 9.69 Å². The molecule has 1 amide bonds. The van der Waals surface area contributed by atoms with Gasteiger partial charge >= 0.3 is 0 Å². The van der Waals surface area contributed by atoms with Crippen molar-refractivity contribution in [2.45, 2.75) is 52.5 Å². The van der Waals surface area contributed by atoms with Crippen LogP contribution in [0.2, 0.25) is 0 Å². The molecule has 6 nitrogen and oxygen atoms in total. The van der Waals surface area contributed by atoms with Crippen molar-refractivity contribution in [3.63, 3.8) is 0 Å². The van der Waals surface area contributed by atoms with Crippen LogP contribution in [0.3, 0.4) is 0 Å². The zero-order valence-corrected chi connectivity index (χ0v) is 24.0. The van der Waals surface area contributed by atoms with Crippen LogP contribution in [0.25, 0.3) is 33.0 Å². The lowest BCUT2D eigenvalue weighted by molar-refractivity contribution is -0.126. The van der Waals surface area contributed by atoms with Crippen LogP contribution in [0.15, 0.2) is 59.0 Å². The predicted octanol–water partition coefficient (Wildman–Crippen LogP) is 6.41. The molecule has 2 aliphatic heterocycles. The molecule has 3 aromatic carbocycles. The summed E-state index contributed by atoms with van der Waals surface area (Å²) in [5.41, 5.74) is 2.05. The zero-order valence-electron chi connectivity index (χ0n) is 24.0. The largest absolute Gasteiger partial charge is 0.441 e. The van der Waals surface area contributed by atoms with E-state index in [1.54, 1.807) is 0 Å². The van der Waals surface area contributed by atoms with Crippen molar-refractivity contribution < 1.29 is 9.21 Å². The van der Waals surface area contributed by atoms with Crippen molar-refractivity contribution >= 4 is 27.5 Å². The third-order valence-electron chi connectivity index (χ3n) is 8.90. The zero-order chi connectivity index (χ0) is 27.5. The number of nitrogens with zero attached hydrogens (tertiary/aromatic N) is 3. The Bertz CT molecular complexity index is 1420. The molecule has 2 aliphatic rings.